The summed E-state index contributed by atoms with van der Waals surface area (Å²) in [6.07, 6.45) is 0. The Morgan fingerprint density at radius 3 is 2.38 bits per heavy atom. The van der Waals surface area contributed by atoms with Crippen LogP contribution in [0.5, 0.6) is 0 Å². The number of aliphatic carboxylic acids is 1. The maximum Gasteiger partial charge on any atom is 0.330 e. The summed E-state index contributed by atoms with van der Waals surface area (Å²) in [5, 5.41) is 11.8. The number of amides is 1. The van der Waals surface area contributed by atoms with E-state index in [0.29, 0.717) is 11.1 Å². The van der Waals surface area contributed by atoms with E-state index < -0.39 is 17.9 Å². The minimum absolute atomic E-state index is 0.412. The molecule has 0 spiro atoms. The Kier molecular flexibility index (Phi) is 4.75. The third-order valence-electron chi connectivity index (χ3n) is 3.09. The van der Waals surface area contributed by atoms with Crippen LogP contribution in [0.25, 0.3) is 0 Å². The molecule has 1 unspecified atom stereocenters. The van der Waals surface area contributed by atoms with Gasteiger partial charge in [-0.05, 0) is 30.2 Å². The Morgan fingerprint density at radius 1 is 1.14 bits per heavy atom. The summed E-state index contributed by atoms with van der Waals surface area (Å²) in [6, 6.07) is 12.7. The normalized spacial score (nSPS) is 11.7. The van der Waals surface area contributed by atoms with E-state index in [1.54, 1.807) is 48.5 Å². The highest BCUT2D eigenvalue weighted by molar-refractivity contribution is 9.10. The van der Waals surface area contributed by atoms with Gasteiger partial charge in [0.05, 0.1) is 0 Å². The van der Waals surface area contributed by atoms with E-state index in [2.05, 4.69) is 21.2 Å². The van der Waals surface area contributed by atoms with E-state index in [0.717, 1.165) is 10.0 Å². The number of carbonyl (C=O) groups excluding carboxylic acids is 1. The first-order valence-corrected chi connectivity index (χ1v) is 7.13. The van der Waals surface area contributed by atoms with Gasteiger partial charge in [-0.15, -0.1) is 0 Å². The van der Waals surface area contributed by atoms with Crippen LogP contribution in [0.2, 0.25) is 0 Å². The second-order valence-electron chi connectivity index (χ2n) is 4.62. The second kappa shape index (κ2) is 6.54. The second-order valence-corrected chi connectivity index (χ2v) is 5.47. The molecule has 2 aromatic rings. The van der Waals surface area contributed by atoms with Crippen LogP contribution >= 0.6 is 15.9 Å². The van der Waals surface area contributed by atoms with Gasteiger partial charge < -0.3 is 10.4 Å². The molecule has 21 heavy (non-hydrogen) atoms. The lowest BCUT2D eigenvalue weighted by Gasteiger charge is -2.15. The third-order valence-corrected chi connectivity index (χ3v) is 3.94. The Balaban J connectivity index is 2.23. The van der Waals surface area contributed by atoms with Gasteiger partial charge in [0.2, 0.25) is 0 Å². The average Bonchev–Trinajstić information content (AvgIpc) is 2.48. The largest absolute Gasteiger partial charge is 0.479 e. The van der Waals surface area contributed by atoms with E-state index in [9.17, 15) is 14.7 Å². The van der Waals surface area contributed by atoms with Gasteiger partial charge in [-0.3, -0.25) is 4.79 Å². The topological polar surface area (TPSA) is 66.4 Å². The molecule has 0 saturated heterocycles. The van der Waals surface area contributed by atoms with Gasteiger partial charge in [-0.2, -0.15) is 0 Å². The van der Waals surface area contributed by atoms with Crippen molar-refractivity contribution >= 4 is 27.8 Å². The monoisotopic (exact) mass is 347 g/mol. The molecule has 0 saturated carbocycles. The number of hydrogen-bond donors (Lipinski definition) is 2. The molecule has 1 amide bonds. The van der Waals surface area contributed by atoms with Gasteiger partial charge in [0.25, 0.3) is 5.91 Å². The molecule has 0 aliphatic rings. The van der Waals surface area contributed by atoms with Crippen molar-refractivity contribution in [2.45, 2.75) is 13.0 Å². The van der Waals surface area contributed by atoms with Crippen molar-refractivity contribution in [1.29, 1.82) is 0 Å². The molecule has 2 rings (SSSR count). The first-order chi connectivity index (χ1) is 9.99. The molecule has 0 radical (unpaired) electrons. The van der Waals surface area contributed by atoms with E-state index in [1.165, 1.54) is 0 Å². The van der Waals surface area contributed by atoms with Gasteiger partial charge in [-0.25, -0.2) is 4.79 Å². The smallest absolute Gasteiger partial charge is 0.330 e. The summed E-state index contributed by atoms with van der Waals surface area (Å²) in [5.41, 5.74) is 1.95. The summed E-state index contributed by atoms with van der Waals surface area (Å²) < 4.78 is 0.807. The van der Waals surface area contributed by atoms with Gasteiger partial charge >= 0.3 is 5.97 Å². The molecule has 0 aromatic heterocycles. The fourth-order valence-electron chi connectivity index (χ4n) is 1.88. The van der Waals surface area contributed by atoms with Gasteiger partial charge in [0.1, 0.15) is 0 Å². The molecule has 2 N–H and O–H groups in total. The van der Waals surface area contributed by atoms with Crippen LogP contribution < -0.4 is 5.32 Å². The van der Waals surface area contributed by atoms with E-state index >= 15 is 0 Å². The van der Waals surface area contributed by atoms with E-state index in [1.807, 2.05) is 6.92 Å². The fraction of sp³-hybridized carbons (Fsp3) is 0.125. The Hall–Kier alpha value is -2.14. The van der Waals surface area contributed by atoms with E-state index in [4.69, 9.17) is 0 Å². The standard InChI is InChI=1S/C16H14BrNO3/c1-10-7-8-12(9-13(10)17)15(19)18-14(16(20)21)11-5-3-2-4-6-11/h2-9,14H,1H3,(H,18,19)(H,20,21). The van der Waals surface area contributed by atoms with Crippen molar-refractivity contribution in [2.24, 2.45) is 0 Å². The molecule has 0 aliphatic carbocycles. The molecular weight excluding hydrogens is 334 g/mol. The zero-order chi connectivity index (χ0) is 15.4. The predicted octanol–water partition coefficient (Wildman–Crippen LogP) is 3.31. The number of aryl methyl sites for hydroxylation is 1. The maximum atomic E-state index is 12.2. The molecule has 2 aromatic carbocycles. The predicted molar refractivity (Wildman–Crippen MR) is 83.2 cm³/mol. The first-order valence-electron chi connectivity index (χ1n) is 6.34. The summed E-state index contributed by atoms with van der Waals surface area (Å²) >= 11 is 3.36. The summed E-state index contributed by atoms with van der Waals surface area (Å²) in [4.78, 5) is 23.6. The molecule has 108 valence electrons. The molecule has 4 nitrogen and oxygen atoms in total. The lowest BCUT2D eigenvalue weighted by Crippen LogP contribution is -2.33. The van der Waals surface area contributed by atoms with Crippen molar-refractivity contribution < 1.29 is 14.7 Å². The van der Waals surface area contributed by atoms with Crippen molar-refractivity contribution in [3.05, 3.63) is 69.7 Å². The summed E-state index contributed by atoms with van der Waals surface area (Å²) in [7, 11) is 0. The molecule has 1 atom stereocenters. The Morgan fingerprint density at radius 2 is 1.81 bits per heavy atom. The van der Waals surface area contributed by atoms with E-state index in [-0.39, 0.29) is 0 Å². The lowest BCUT2D eigenvalue weighted by atomic mass is 10.1. The first kappa shape index (κ1) is 15.3. The summed E-state index contributed by atoms with van der Waals surface area (Å²) in [5.74, 6) is -1.52. The third kappa shape index (κ3) is 3.70. The van der Waals surface area contributed by atoms with Crippen LogP contribution in [-0.2, 0) is 4.79 Å². The number of benzene rings is 2. The zero-order valence-electron chi connectivity index (χ0n) is 11.3. The highest BCUT2D eigenvalue weighted by Crippen LogP contribution is 2.19. The van der Waals surface area contributed by atoms with Crippen LogP contribution in [0.3, 0.4) is 0 Å². The van der Waals surface area contributed by atoms with Gasteiger partial charge in [0.15, 0.2) is 6.04 Å². The van der Waals surface area contributed by atoms with Crippen LogP contribution in [0.15, 0.2) is 53.0 Å². The molecular formula is C16H14BrNO3. The lowest BCUT2D eigenvalue weighted by molar-refractivity contribution is -0.139. The number of halogens is 1. The van der Waals surface area contributed by atoms with Crippen molar-refractivity contribution in [1.82, 2.24) is 5.32 Å². The SMILES string of the molecule is Cc1ccc(C(=O)NC(C(=O)O)c2ccccc2)cc1Br. The number of carboxylic acid groups (broad SMARTS) is 1. The highest BCUT2D eigenvalue weighted by atomic mass is 79.9. The van der Waals surface area contributed by atoms with Crippen LogP contribution in [0, 0.1) is 6.92 Å². The quantitative estimate of drug-likeness (QED) is 0.891. The van der Waals surface area contributed by atoms with Gasteiger partial charge in [0, 0.05) is 10.0 Å². The van der Waals surface area contributed by atoms with Crippen molar-refractivity contribution in [3.63, 3.8) is 0 Å². The summed E-state index contributed by atoms with van der Waals surface area (Å²) in [6.45, 7) is 1.91. The van der Waals surface area contributed by atoms with Crippen LogP contribution in [-0.4, -0.2) is 17.0 Å². The van der Waals surface area contributed by atoms with Crippen molar-refractivity contribution in [2.75, 3.05) is 0 Å². The molecule has 5 heteroatoms. The van der Waals surface area contributed by atoms with Gasteiger partial charge in [-0.1, -0.05) is 52.3 Å². The number of carbonyl (C=O) groups is 2. The minimum Gasteiger partial charge on any atom is -0.479 e. The molecule has 0 heterocycles. The Bertz CT molecular complexity index is 670. The average molecular weight is 348 g/mol. The number of rotatable bonds is 4. The minimum atomic E-state index is -1.10. The number of carboxylic acids is 1. The maximum absolute atomic E-state index is 12.2. The number of nitrogens with one attached hydrogen (secondary N) is 1. The fourth-order valence-corrected chi connectivity index (χ4v) is 2.26. The van der Waals surface area contributed by atoms with Crippen LogP contribution in [0.4, 0.5) is 0 Å². The molecule has 0 bridgehead atoms. The van der Waals surface area contributed by atoms with Crippen molar-refractivity contribution in [3.8, 4) is 0 Å². The zero-order valence-corrected chi connectivity index (χ0v) is 12.9. The number of hydrogen-bond acceptors (Lipinski definition) is 2. The molecule has 0 aliphatic heterocycles. The van der Waals surface area contributed by atoms with Crippen LogP contribution in [0.1, 0.15) is 27.5 Å². The highest BCUT2D eigenvalue weighted by Gasteiger charge is 2.22. The molecule has 0 fully saturated rings. The Labute approximate surface area is 130 Å².